The van der Waals surface area contributed by atoms with Crippen LogP contribution in [0.4, 0.5) is 4.79 Å². The number of hydrogen-bond acceptors (Lipinski definition) is 3. The van der Waals surface area contributed by atoms with Gasteiger partial charge in [0.05, 0.1) is 6.04 Å². The fourth-order valence-electron chi connectivity index (χ4n) is 1.53. The van der Waals surface area contributed by atoms with Gasteiger partial charge in [-0.05, 0) is 31.5 Å². The summed E-state index contributed by atoms with van der Waals surface area (Å²) in [5.74, 6) is -0.455. The van der Waals surface area contributed by atoms with E-state index in [-0.39, 0.29) is 6.04 Å². The van der Waals surface area contributed by atoms with E-state index >= 15 is 0 Å². The van der Waals surface area contributed by atoms with Crippen LogP contribution in [0.2, 0.25) is 5.02 Å². The lowest BCUT2D eigenvalue weighted by Gasteiger charge is -2.19. The van der Waals surface area contributed by atoms with Crippen molar-refractivity contribution in [2.24, 2.45) is 5.73 Å². The van der Waals surface area contributed by atoms with Gasteiger partial charge in [-0.1, -0.05) is 23.7 Å². The van der Waals surface area contributed by atoms with E-state index in [0.29, 0.717) is 5.02 Å². The number of nitrogens with two attached hydrogens (primary N) is 1. The lowest BCUT2D eigenvalue weighted by atomic mass is 10.1. The van der Waals surface area contributed by atoms with E-state index in [0.717, 1.165) is 5.56 Å². The van der Waals surface area contributed by atoms with E-state index in [2.05, 4.69) is 5.32 Å². The second-order valence-electron chi connectivity index (χ2n) is 4.02. The number of carbonyl (C=O) groups excluding carboxylic acids is 2. The Hall–Kier alpha value is -1.59. The van der Waals surface area contributed by atoms with Crippen LogP contribution in [0.5, 0.6) is 0 Å². The molecule has 2 unspecified atom stereocenters. The number of urea groups is 1. The maximum atomic E-state index is 11.5. The second kappa shape index (κ2) is 6.37. The molecule has 0 aliphatic heterocycles. The van der Waals surface area contributed by atoms with E-state index in [1.54, 1.807) is 19.1 Å². The average molecular weight is 270 g/mol. The maximum absolute atomic E-state index is 11.5. The Kier molecular flexibility index (Phi) is 5.12. The molecule has 1 aromatic carbocycles. The van der Waals surface area contributed by atoms with Crippen LogP contribution in [0.1, 0.15) is 25.5 Å². The van der Waals surface area contributed by atoms with Gasteiger partial charge < -0.3 is 5.73 Å². The predicted octanol–water partition coefficient (Wildman–Crippen LogP) is 1.57. The van der Waals surface area contributed by atoms with Gasteiger partial charge in [-0.2, -0.15) is 0 Å². The summed E-state index contributed by atoms with van der Waals surface area (Å²) >= 11 is 5.79. The van der Waals surface area contributed by atoms with Crippen LogP contribution < -0.4 is 16.4 Å². The highest BCUT2D eigenvalue weighted by Gasteiger charge is 2.17. The summed E-state index contributed by atoms with van der Waals surface area (Å²) in [7, 11) is 0. The van der Waals surface area contributed by atoms with Crippen molar-refractivity contribution in [1.82, 2.24) is 10.6 Å². The van der Waals surface area contributed by atoms with Gasteiger partial charge in [-0.3, -0.25) is 15.4 Å². The predicted molar refractivity (Wildman–Crippen MR) is 70.2 cm³/mol. The first-order valence-electron chi connectivity index (χ1n) is 5.52. The number of benzene rings is 1. The molecule has 0 bridgehead atoms. The highest BCUT2D eigenvalue weighted by molar-refractivity contribution is 6.30. The van der Waals surface area contributed by atoms with E-state index < -0.39 is 18.0 Å². The molecule has 3 amide bonds. The van der Waals surface area contributed by atoms with Crippen molar-refractivity contribution in [2.75, 3.05) is 0 Å². The van der Waals surface area contributed by atoms with E-state index in [1.165, 1.54) is 0 Å². The van der Waals surface area contributed by atoms with Gasteiger partial charge in [0.1, 0.15) is 0 Å². The molecule has 18 heavy (non-hydrogen) atoms. The highest BCUT2D eigenvalue weighted by atomic mass is 35.5. The second-order valence-corrected chi connectivity index (χ2v) is 4.45. The molecule has 1 rings (SSSR count). The van der Waals surface area contributed by atoms with Crippen molar-refractivity contribution >= 4 is 23.5 Å². The first kappa shape index (κ1) is 14.5. The number of carbonyl (C=O) groups is 2. The highest BCUT2D eigenvalue weighted by Crippen LogP contribution is 2.16. The Morgan fingerprint density at radius 2 is 1.78 bits per heavy atom. The van der Waals surface area contributed by atoms with Crippen molar-refractivity contribution in [1.29, 1.82) is 0 Å². The largest absolute Gasteiger partial charge is 0.351 e. The van der Waals surface area contributed by atoms with Gasteiger partial charge in [-0.15, -0.1) is 0 Å². The van der Waals surface area contributed by atoms with Gasteiger partial charge in [0.15, 0.2) is 0 Å². The molecule has 0 aliphatic rings. The number of rotatable bonds is 4. The van der Waals surface area contributed by atoms with Crippen LogP contribution in [0, 0.1) is 0 Å². The van der Waals surface area contributed by atoms with Gasteiger partial charge in [0.25, 0.3) is 0 Å². The molecule has 0 fully saturated rings. The Morgan fingerprint density at radius 3 is 2.28 bits per heavy atom. The van der Waals surface area contributed by atoms with E-state index in [1.807, 2.05) is 24.4 Å². The van der Waals surface area contributed by atoms with Gasteiger partial charge >= 0.3 is 6.03 Å². The summed E-state index contributed by atoms with van der Waals surface area (Å²) in [4.78, 5) is 22.0. The normalized spacial score (nSPS) is 13.7. The molecule has 5 nitrogen and oxygen atoms in total. The minimum absolute atomic E-state index is 0.0455. The average Bonchev–Trinajstić information content (AvgIpc) is 2.28. The van der Waals surface area contributed by atoms with E-state index in [9.17, 15) is 9.59 Å². The molecular weight excluding hydrogens is 254 g/mol. The van der Waals surface area contributed by atoms with Crippen molar-refractivity contribution < 1.29 is 9.59 Å². The minimum atomic E-state index is -0.854. The minimum Gasteiger partial charge on any atom is -0.351 e. The SMILES string of the molecule is CC(NC(C)c1ccc(Cl)cc1)C(=O)NC(N)=O. The summed E-state index contributed by atoms with van der Waals surface area (Å²) < 4.78 is 0. The molecule has 0 saturated heterocycles. The molecule has 1 aromatic rings. The van der Waals surface area contributed by atoms with Gasteiger partial charge in [0.2, 0.25) is 5.91 Å². The summed E-state index contributed by atoms with van der Waals surface area (Å²) in [6.07, 6.45) is 0. The van der Waals surface area contributed by atoms with Crippen LogP contribution in [0.3, 0.4) is 0 Å². The molecule has 0 aliphatic carbocycles. The number of primary amides is 1. The first-order valence-corrected chi connectivity index (χ1v) is 5.89. The van der Waals surface area contributed by atoms with Crippen LogP contribution in [0.15, 0.2) is 24.3 Å². The van der Waals surface area contributed by atoms with Crippen LogP contribution >= 0.6 is 11.6 Å². The van der Waals surface area contributed by atoms with Crippen molar-refractivity contribution in [3.63, 3.8) is 0 Å². The quantitative estimate of drug-likeness (QED) is 0.776. The molecule has 0 radical (unpaired) electrons. The summed E-state index contributed by atoms with van der Waals surface area (Å²) in [6.45, 7) is 3.57. The molecule has 0 saturated carbocycles. The summed E-state index contributed by atoms with van der Waals surface area (Å²) in [6, 6.07) is 5.89. The third kappa shape index (κ3) is 4.35. The topological polar surface area (TPSA) is 84.2 Å². The lowest BCUT2D eigenvalue weighted by molar-refractivity contribution is -0.121. The Morgan fingerprint density at radius 1 is 1.22 bits per heavy atom. The zero-order valence-electron chi connectivity index (χ0n) is 10.2. The third-order valence-corrected chi connectivity index (χ3v) is 2.76. The number of nitrogens with one attached hydrogen (secondary N) is 2. The van der Waals surface area contributed by atoms with Crippen LogP contribution in [-0.2, 0) is 4.79 Å². The number of halogens is 1. The lowest BCUT2D eigenvalue weighted by Crippen LogP contribution is -2.47. The summed E-state index contributed by atoms with van der Waals surface area (Å²) in [5, 5.41) is 5.74. The molecule has 0 heterocycles. The van der Waals surface area contributed by atoms with Crippen molar-refractivity contribution in [3.8, 4) is 0 Å². The molecule has 98 valence electrons. The molecule has 4 N–H and O–H groups in total. The summed E-state index contributed by atoms with van der Waals surface area (Å²) in [5.41, 5.74) is 5.87. The fourth-order valence-corrected chi connectivity index (χ4v) is 1.65. The first-order chi connectivity index (χ1) is 8.40. The third-order valence-electron chi connectivity index (χ3n) is 2.51. The molecular formula is C12H16ClN3O2. The number of amides is 3. The van der Waals surface area contributed by atoms with Crippen molar-refractivity contribution in [2.45, 2.75) is 25.9 Å². The fraction of sp³-hybridized carbons (Fsp3) is 0.333. The Labute approximate surface area is 111 Å². The zero-order valence-corrected chi connectivity index (χ0v) is 11.0. The monoisotopic (exact) mass is 269 g/mol. The van der Waals surface area contributed by atoms with Crippen molar-refractivity contribution in [3.05, 3.63) is 34.9 Å². The van der Waals surface area contributed by atoms with Gasteiger partial charge in [-0.25, -0.2) is 4.79 Å². The molecule has 6 heteroatoms. The molecule has 2 atom stereocenters. The molecule has 0 spiro atoms. The van der Waals surface area contributed by atoms with Gasteiger partial charge in [0, 0.05) is 11.1 Å². The zero-order chi connectivity index (χ0) is 13.7. The van der Waals surface area contributed by atoms with Crippen LogP contribution in [-0.4, -0.2) is 18.0 Å². The maximum Gasteiger partial charge on any atom is 0.318 e. The van der Waals surface area contributed by atoms with E-state index in [4.69, 9.17) is 17.3 Å². The number of hydrogen-bond donors (Lipinski definition) is 3. The Bertz CT molecular complexity index is 433. The number of imide groups is 1. The van der Waals surface area contributed by atoms with Crippen LogP contribution in [0.25, 0.3) is 0 Å². The smallest absolute Gasteiger partial charge is 0.318 e. The Balaban J connectivity index is 2.58. The standard InChI is InChI=1S/C12H16ClN3O2/c1-7(9-3-5-10(13)6-4-9)15-8(2)11(17)16-12(14)18/h3-8,15H,1-2H3,(H3,14,16,17,18). The molecule has 0 aromatic heterocycles.